The quantitative estimate of drug-likeness (QED) is 0.415. The molecule has 2 heterocycles. The second kappa shape index (κ2) is 9.19. The highest BCUT2D eigenvalue weighted by atomic mass is 35.5. The summed E-state index contributed by atoms with van der Waals surface area (Å²) in [5.41, 5.74) is 3.34. The minimum Gasteiger partial charge on any atom is -0.497 e. The number of anilines is 2. The van der Waals surface area contributed by atoms with Gasteiger partial charge in [-0.3, -0.25) is 19.1 Å². The van der Waals surface area contributed by atoms with Crippen LogP contribution in [0.15, 0.2) is 72.8 Å². The van der Waals surface area contributed by atoms with Crippen molar-refractivity contribution in [2.75, 3.05) is 23.9 Å². The first-order valence-electron chi connectivity index (χ1n) is 11.0. The third-order valence-corrected chi connectivity index (χ3v) is 6.22. The van der Waals surface area contributed by atoms with Gasteiger partial charge in [-0.1, -0.05) is 35.9 Å². The van der Waals surface area contributed by atoms with Gasteiger partial charge in [0.15, 0.2) is 0 Å². The van der Waals surface area contributed by atoms with Gasteiger partial charge in [0.05, 0.1) is 24.6 Å². The van der Waals surface area contributed by atoms with Gasteiger partial charge in [0.1, 0.15) is 11.8 Å². The molecule has 34 heavy (non-hydrogen) atoms. The van der Waals surface area contributed by atoms with Gasteiger partial charge < -0.3 is 10.1 Å². The molecule has 0 fully saturated rings. The molecule has 4 aromatic rings. The van der Waals surface area contributed by atoms with Gasteiger partial charge in [-0.05, 0) is 60.5 Å². The number of rotatable bonds is 7. The van der Waals surface area contributed by atoms with E-state index >= 15 is 0 Å². The molecule has 5 rings (SSSR count). The zero-order chi connectivity index (χ0) is 23.7. The number of aromatic nitrogens is 2. The molecule has 1 atom stereocenters. The molecule has 3 aromatic carbocycles. The number of nitrogens with zero attached hydrogens (tertiary/aromatic N) is 3. The minimum atomic E-state index is -0.662. The summed E-state index contributed by atoms with van der Waals surface area (Å²) in [6, 6.07) is 21.7. The van der Waals surface area contributed by atoms with Gasteiger partial charge in [-0.2, -0.15) is 0 Å². The third-order valence-electron chi connectivity index (χ3n) is 5.97. The number of nitrogens with one attached hydrogen (secondary N) is 1. The van der Waals surface area contributed by atoms with Gasteiger partial charge >= 0.3 is 0 Å². The number of hydrogen-bond acceptors (Lipinski definition) is 4. The van der Waals surface area contributed by atoms with Crippen molar-refractivity contribution < 1.29 is 14.3 Å². The maximum Gasteiger partial charge on any atom is 0.253 e. The number of carbonyl (C=O) groups is 2. The predicted molar refractivity (Wildman–Crippen MR) is 133 cm³/mol. The molecule has 2 amide bonds. The molecule has 1 aromatic heterocycles. The number of halogens is 1. The normalized spacial score (nSPS) is 14.9. The van der Waals surface area contributed by atoms with Crippen LogP contribution in [0, 0.1) is 0 Å². The molecule has 0 radical (unpaired) electrons. The van der Waals surface area contributed by atoms with Gasteiger partial charge in [0.2, 0.25) is 11.9 Å². The molecule has 0 bridgehead atoms. The summed E-state index contributed by atoms with van der Waals surface area (Å²) in [5.74, 6) is 0.980. The lowest BCUT2D eigenvalue weighted by atomic mass is 10.1. The monoisotopic (exact) mass is 474 g/mol. The van der Waals surface area contributed by atoms with Crippen LogP contribution in [0.2, 0.25) is 5.02 Å². The number of methoxy groups -OCH3 is 1. The van der Waals surface area contributed by atoms with Crippen LogP contribution in [-0.4, -0.2) is 35.0 Å². The summed E-state index contributed by atoms with van der Waals surface area (Å²) in [6.45, 7) is 0.462. The van der Waals surface area contributed by atoms with Gasteiger partial charge in [0, 0.05) is 17.3 Å². The van der Waals surface area contributed by atoms with Crippen molar-refractivity contribution >= 4 is 46.1 Å². The molecular formula is C26H23ClN4O3. The Kier molecular flexibility index (Phi) is 5.94. The molecule has 0 saturated carbocycles. The van der Waals surface area contributed by atoms with Crippen LogP contribution in [0.4, 0.5) is 11.6 Å². The van der Waals surface area contributed by atoms with Crippen LogP contribution in [0.5, 0.6) is 5.75 Å². The summed E-state index contributed by atoms with van der Waals surface area (Å²) in [4.78, 5) is 32.7. The topological polar surface area (TPSA) is 76.5 Å². The number of para-hydroxylation sites is 2. The number of ether oxygens (including phenoxy) is 1. The summed E-state index contributed by atoms with van der Waals surface area (Å²) in [6.07, 6.45) is 0.663. The second-order valence-electron chi connectivity index (χ2n) is 8.13. The van der Waals surface area contributed by atoms with Gasteiger partial charge in [-0.25, -0.2) is 4.98 Å². The van der Waals surface area contributed by atoms with Crippen LogP contribution in [-0.2, 0) is 16.0 Å². The Morgan fingerprint density at radius 1 is 1.06 bits per heavy atom. The number of imidazole rings is 1. The SMILES string of the molecule is COc1ccc(CCN2C(=O)[C@H](CC(=O)Nc3ccc(Cl)cc3)n3c2nc2ccccc23)cc1. The Morgan fingerprint density at radius 2 is 1.79 bits per heavy atom. The first-order valence-corrected chi connectivity index (χ1v) is 11.4. The molecule has 1 aliphatic heterocycles. The van der Waals surface area contributed by atoms with Crippen LogP contribution in [0.3, 0.4) is 0 Å². The van der Waals surface area contributed by atoms with E-state index in [9.17, 15) is 9.59 Å². The fraction of sp³-hybridized carbons (Fsp3) is 0.192. The number of amides is 2. The summed E-state index contributed by atoms with van der Waals surface area (Å²) < 4.78 is 7.10. The van der Waals surface area contributed by atoms with Crippen molar-refractivity contribution in [3.63, 3.8) is 0 Å². The average molecular weight is 475 g/mol. The van der Waals surface area contributed by atoms with Crippen LogP contribution in [0.1, 0.15) is 18.0 Å². The fourth-order valence-corrected chi connectivity index (χ4v) is 4.39. The molecule has 172 valence electrons. The number of hydrogen-bond donors (Lipinski definition) is 1. The van der Waals surface area contributed by atoms with Crippen molar-refractivity contribution in [1.29, 1.82) is 0 Å². The van der Waals surface area contributed by atoms with E-state index in [1.165, 1.54) is 0 Å². The first kappa shape index (κ1) is 22.0. The highest BCUT2D eigenvalue weighted by molar-refractivity contribution is 6.30. The van der Waals surface area contributed by atoms with Crippen molar-refractivity contribution in [2.24, 2.45) is 0 Å². The summed E-state index contributed by atoms with van der Waals surface area (Å²) in [7, 11) is 1.63. The van der Waals surface area contributed by atoms with Crippen molar-refractivity contribution in [2.45, 2.75) is 18.9 Å². The van der Waals surface area contributed by atoms with Crippen LogP contribution >= 0.6 is 11.6 Å². The Labute approximate surface area is 201 Å². The zero-order valence-corrected chi connectivity index (χ0v) is 19.3. The van der Waals surface area contributed by atoms with E-state index in [0.29, 0.717) is 29.6 Å². The van der Waals surface area contributed by atoms with Crippen molar-refractivity contribution in [3.05, 3.63) is 83.4 Å². The smallest absolute Gasteiger partial charge is 0.253 e. The highest BCUT2D eigenvalue weighted by Gasteiger charge is 2.40. The number of carbonyl (C=O) groups excluding carboxylic acids is 2. The Hall–Kier alpha value is -3.84. The molecule has 1 N–H and O–H groups in total. The minimum absolute atomic E-state index is 0.00779. The third kappa shape index (κ3) is 4.22. The zero-order valence-electron chi connectivity index (χ0n) is 18.6. The molecule has 1 aliphatic rings. The van der Waals surface area contributed by atoms with E-state index in [1.54, 1.807) is 36.3 Å². The van der Waals surface area contributed by atoms with Crippen molar-refractivity contribution in [1.82, 2.24) is 9.55 Å². The summed E-state index contributed by atoms with van der Waals surface area (Å²) in [5, 5.41) is 3.45. The average Bonchev–Trinajstić information content (AvgIpc) is 3.34. The lowest BCUT2D eigenvalue weighted by Gasteiger charge is -2.16. The fourth-order valence-electron chi connectivity index (χ4n) is 4.26. The Balaban J connectivity index is 1.39. The molecular weight excluding hydrogens is 452 g/mol. The summed E-state index contributed by atoms with van der Waals surface area (Å²) >= 11 is 5.93. The number of fused-ring (bicyclic) bond motifs is 3. The predicted octanol–water partition coefficient (Wildman–Crippen LogP) is 4.86. The van der Waals surface area contributed by atoms with E-state index in [2.05, 4.69) is 5.32 Å². The van der Waals surface area contributed by atoms with E-state index < -0.39 is 6.04 Å². The first-order chi connectivity index (χ1) is 16.5. The largest absolute Gasteiger partial charge is 0.497 e. The standard InChI is InChI=1S/C26H23ClN4O3/c1-34-20-12-6-17(7-13-20)14-15-30-25(33)23(16-24(32)28-19-10-8-18(27)9-11-19)31-22-5-3-2-4-21(22)29-26(30)31/h2-13,23H,14-16H2,1H3,(H,28,32)/t23-/m0/s1. The van der Waals surface area contributed by atoms with E-state index in [4.69, 9.17) is 21.3 Å². The highest BCUT2D eigenvalue weighted by Crippen LogP contribution is 2.36. The lowest BCUT2D eigenvalue weighted by molar-refractivity contribution is -0.124. The van der Waals surface area contributed by atoms with E-state index in [1.807, 2.05) is 53.1 Å². The molecule has 0 aliphatic carbocycles. The van der Waals surface area contributed by atoms with Gasteiger partial charge in [0.25, 0.3) is 5.91 Å². The van der Waals surface area contributed by atoms with Crippen LogP contribution in [0.25, 0.3) is 11.0 Å². The molecule has 0 unspecified atom stereocenters. The van der Waals surface area contributed by atoms with E-state index in [0.717, 1.165) is 22.3 Å². The number of benzene rings is 3. The molecule has 0 spiro atoms. The molecule has 7 nitrogen and oxygen atoms in total. The van der Waals surface area contributed by atoms with E-state index in [-0.39, 0.29) is 18.2 Å². The van der Waals surface area contributed by atoms with Gasteiger partial charge in [-0.15, -0.1) is 0 Å². The van der Waals surface area contributed by atoms with Crippen molar-refractivity contribution in [3.8, 4) is 5.75 Å². The molecule has 8 heteroatoms. The van der Waals surface area contributed by atoms with Crippen LogP contribution < -0.4 is 15.0 Å². The Morgan fingerprint density at radius 3 is 2.53 bits per heavy atom. The maximum absolute atomic E-state index is 13.5. The second-order valence-corrected chi connectivity index (χ2v) is 8.57. The molecule has 0 saturated heterocycles. The lowest BCUT2D eigenvalue weighted by Crippen LogP contribution is -2.33. The Bertz CT molecular complexity index is 1350. The maximum atomic E-state index is 13.5.